The lowest BCUT2D eigenvalue weighted by Gasteiger charge is -2.16. The molecule has 1 heterocycles. The van der Waals surface area contributed by atoms with Gasteiger partial charge in [-0.25, -0.2) is 5.84 Å². The lowest BCUT2D eigenvalue weighted by Crippen LogP contribution is -2.35. The van der Waals surface area contributed by atoms with Crippen molar-refractivity contribution in [2.75, 3.05) is 25.2 Å². The van der Waals surface area contributed by atoms with Crippen LogP contribution in [0, 0.1) is 0 Å². The van der Waals surface area contributed by atoms with Gasteiger partial charge < -0.3 is 25.3 Å². The molecule has 2 rings (SSSR count). The second-order valence-electron chi connectivity index (χ2n) is 6.14. The molecule has 1 atom stereocenters. The summed E-state index contributed by atoms with van der Waals surface area (Å²) in [5, 5.41) is 20.9. The average Bonchev–Trinajstić information content (AvgIpc) is 2.66. The summed E-state index contributed by atoms with van der Waals surface area (Å²) >= 11 is 0. The molecule has 0 aliphatic heterocycles. The molecule has 0 amide bonds. The van der Waals surface area contributed by atoms with Crippen LogP contribution >= 0.6 is 0 Å². The molecule has 8 heteroatoms. The Hall–Kier alpha value is -2.42. The molecule has 0 saturated heterocycles. The largest absolute Gasteiger partial charge is 0.491 e. The van der Waals surface area contributed by atoms with Crippen molar-refractivity contribution in [2.45, 2.75) is 32.4 Å². The van der Waals surface area contributed by atoms with Gasteiger partial charge in [-0.2, -0.15) is 0 Å². The minimum atomic E-state index is -0.563. The Balaban J connectivity index is 1.81. The minimum Gasteiger partial charge on any atom is -0.491 e. The number of hydrazine groups is 1. The average molecular weight is 361 g/mol. The van der Waals surface area contributed by atoms with Gasteiger partial charge in [0.25, 0.3) is 0 Å². The zero-order chi connectivity index (χ0) is 18.8. The molecule has 1 aromatic heterocycles. The van der Waals surface area contributed by atoms with E-state index in [0.717, 1.165) is 11.3 Å². The summed E-state index contributed by atoms with van der Waals surface area (Å²) < 4.78 is 11.4. The number of benzene rings is 1. The number of ether oxygens (including phenoxy) is 2. The first-order valence-electron chi connectivity index (χ1n) is 8.63. The Bertz CT molecular complexity index is 652. The van der Waals surface area contributed by atoms with Crippen molar-refractivity contribution in [2.24, 2.45) is 5.84 Å². The molecule has 1 aromatic carbocycles. The quantitative estimate of drug-likeness (QED) is 0.348. The van der Waals surface area contributed by atoms with E-state index in [1.54, 1.807) is 12.1 Å². The smallest absolute Gasteiger partial charge is 0.233 e. The molecule has 142 valence electrons. The zero-order valence-electron chi connectivity index (χ0n) is 15.2. The Morgan fingerprint density at radius 2 is 1.92 bits per heavy atom. The normalized spacial score (nSPS) is 12.0. The molecule has 0 aliphatic carbocycles. The number of nitrogens with two attached hydrogens (primary N) is 1. The fourth-order valence-electron chi connectivity index (χ4n) is 2.21. The van der Waals surface area contributed by atoms with Crippen molar-refractivity contribution < 1.29 is 14.6 Å². The summed E-state index contributed by atoms with van der Waals surface area (Å²) in [7, 11) is 0. The minimum absolute atomic E-state index is 0.233. The fraction of sp³-hybridized carbons (Fsp3) is 0.444. The number of para-hydroxylation sites is 1. The number of nitrogens with one attached hydrogen (secondary N) is 2. The number of hydrogen-bond donors (Lipinski definition) is 4. The van der Waals surface area contributed by atoms with Crippen LogP contribution in [-0.2, 0) is 6.42 Å². The number of rotatable bonds is 11. The highest BCUT2D eigenvalue weighted by Crippen LogP contribution is 2.19. The first kappa shape index (κ1) is 19.9. The lowest BCUT2D eigenvalue weighted by molar-refractivity contribution is 0.104. The number of nitrogens with zero attached hydrogens (tertiary/aromatic N) is 2. The molecular weight excluding hydrogens is 334 g/mol. The zero-order valence-corrected chi connectivity index (χ0v) is 15.2. The summed E-state index contributed by atoms with van der Waals surface area (Å²) in [6.45, 7) is 5.23. The van der Waals surface area contributed by atoms with Crippen LogP contribution in [0.4, 0.5) is 5.82 Å². The van der Waals surface area contributed by atoms with Crippen molar-refractivity contribution in [3.05, 3.63) is 42.0 Å². The van der Waals surface area contributed by atoms with E-state index in [0.29, 0.717) is 37.3 Å². The Kier molecular flexibility index (Phi) is 8.07. The molecule has 1 unspecified atom stereocenters. The predicted octanol–water partition coefficient (Wildman–Crippen LogP) is 1.12. The second kappa shape index (κ2) is 10.5. The van der Waals surface area contributed by atoms with Crippen molar-refractivity contribution in [1.82, 2.24) is 15.5 Å². The van der Waals surface area contributed by atoms with E-state index in [-0.39, 0.29) is 6.61 Å². The highest BCUT2D eigenvalue weighted by Gasteiger charge is 2.09. The topological polar surface area (TPSA) is 115 Å². The summed E-state index contributed by atoms with van der Waals surface area (Å²) in [5.41, 5.74) is 3.42. The van der Waals surface area contributed by atoms with Gasteiger partial charge in [0.05, 0.1) is 6.61 Å². The fourth-order valence-corrected chi connectivity index (χ4v) is 2.21. The van der Waals surface area contributed by atoms with Crippen molar-refractivity contribution in [1.29, 1.82) is 0 Å². The maximum absolute atomic E-state index is 9.98. The van der Waals surface area contributed by atoms with E-state index in [1.807, 2.05) is 38.1 Å². The first-order valence-corrected chi connectivity index (χ1v) is 8.63. The van der Waals surface area contributed by atoms with Crippen molar-refractivity contribution >= 4 is 5.82 Å². The van der Waals surface area contributed by atoms with Gasteiger partial charge in [-0.05, 0) is 17.7 Å². The van der Waals surface area contributed by atoms with E-state index >= 15 is 0 Å². The second-order valence-corrected chi connectivity index (χ2v) is 6.14. The molecular formula is C18H27N5O3. The summed E-state index contributed by atoms with van der Waals surface area (Å²) in [6.07, 6.45) is 0.0846. The number of anilines is 1. The molecule has 0 spiro atoms. The maximum Gasteiger partial charge on any atom is 0.233 e. The van der Waals surface area contributed by atoms with Gasteiger partial charge in [0.2, 0.25) is 5.88 Å². The van der Waals surface area contributed by atoms with Crippen LogP contribution in [0.25, 0.3) is 0 Å². The van der Waals surface area contributed by atoms with Gasteiger partial charge in [0.1, 0.15) is 18.5 Å². The van der Waals surface area contributed by atoms with Gasteiger partial charge in [-0.3, -0.25) is 0 Å². The van der Waals surface area contributed by atoms with Gasteiger partial charge >= 0.3 is 0 Å². The van der Waals surface area contributed by atoms with E-state index in [1.165, 1.54) is 0 Å². The molecule has 5 N–H and O–H groups in total. The third-order valence-corrected chi connectivity index (χ3v) is 3.57. The molecule has 0 fully saturated rings. The van der Waals surface area contributed by atoms with Crippen molar-refractivity contribution in [3.8, 4) is 11.6 Å². The third-order valence-electron chi connectivity index (χ3n) is 3.57. The van der Waals surface area contributed by atoms with E-state index in [9.17, 15) is 5.11 Å². The molecule has 0 radical (unpaired) electrons. The number of hydrogen-bond acceptors (Lipinski definition) is 8. The van der Waals surface area contributed by atoms with Gasteiger partial charge in [-0.1, -0.05) is 32.0 Å². The van der Waals surface area contributed by atoms with Crippen LogP contribution in [0.1, 0.15) is 19.4 Å². The lowest BCUT2D eigenvalue weighted by atomic mass is 10.1. The number of aliphatic hydroxyl groups is 1. The molecule has 0 aliphatic rings. The number of aromatic nitrogens is 2. The van der Waals surface area contributed by atoms with Gasteiger partial charge in [0, 0.05) is 25.1 Å². The first-order chi connectivity index (χ1) is 12.6. The van der Waals surface area contributed by atoms with E-state index in [4.69, 9.17) is 15.3 Å². The third kappa shape index (κ3) is 6.83. The van der Waals surface area contributed by atoms with E-state index < -0.39 is 6.10 Å². The van der Waals surface area contributed by atoms with Crippen LogP contribution in [0.3, 0.4) is 0 Å². The van der Waals surface area contributed by atoms with Gasteiger partial charge in [-0.15, -0.1) is 10.2 Å². The Morgan fingerprint density at radius 3 is 2.62 bits per heavy atom. The summed E-state index contributed by atoms with van der Waals surface area (Å²) in [6, 6.07) is 11.4. The standard InChI is InChI=1S/C18H27N5O3/c1-13(2)20-11-15(24)12-26-16-6-4-3-5-14(16)9-10-25-18-8-7-17(21-19)22-23-18/h3-8,13,15,20,24H,9-12,19H2,1-2H3,(H,21,22). The maximum atomic E-state index is 9.98. The summed E-state index contributed by atoms with van der Waals surface area (Å²) in [4.78, 5) is 0. The molecule has 0 bridgehead atoms. The highest BCUT2D eigenvalue weighted by molar-refractivity contribution is 5.34. The van der Waals surface area contributed by atoms with Crippen LogP contribution < -0.4 is 26.1 Å². The molecule has 0 saturated carbocycles. The molecule has 2 aromatic rings. The molecule has 8 nitrogen and oxygen atoms in total. The van der Waals surface area contributed by atoms with Crippen LogP contribution in [-0.4, -0.2) is 47.2 Å². The predicted molar refractivity (Wildman–Crippen MR) is 100 cm³/mol. The van der Waals surface area contributed by atoms with Crippen molar-refractivity contribution in [3.63, 3.8) is 0 Å². The number of nitrogen functional groups attached to an aromatic ring is 1. The van der Waals surface area contributed by atoms with E-state index in [2.05, 4.69) is 20.9 Å². The molecule has 26 heavy (non-hydrogen) atoms. The van der Waals surface area contributed by atoms with Gasteiger partial charge in [0.15, 0.2) is 5.82 Å². The monoisotopic (exact) mass is 361 g/mol. The van der Waals surface area contributed by atoms with Crippen LogP contribution in [0.2, 0.25) is 0 Å². The van der Waals surface area contributed by atoms with Crippen LogP contribution in [0.5, 0.6) is 11.6 Å². The Labute approximate surface area is 153 Å². The number of aliphatic hydroxyl groups excluding tert-OH is 1. The van der Waals surface area contributed by atoms with Crippen LogP contribution in [0.15, 0.2) is 36.4 Å². The SMILES string of the molecule is CC(C)NCC(O)COc1ccccc1CCOc1ccc(NN)nn1. The Morgan fingerprint density at radius 1 is 1.12 bits per heavy atom. The highest BCUT2D eigenvalue weighted by atomic mass is 16.5. The summed E-state index contributed by atoms with van der Waals surface area (Å²) in [5.74, 6) is 6.89.